The van der Waals surface area contributed by atoms with E-state index in [1.807, 2.05) is 0 Å². The molecule has 0 unspecified atom stereocenters. The molecule has 8 heteroatoms. The Bertz CT molecular complexity index is 477. The maximum absolute atomic E-state index is 11.0. The van der Waals surface area contributed by atoms with E-state index in [0.29, 0.717) is 30.5 Å². The Morgan fingerprint density at radius 3 is 2.84 bits per heavy atom. The van der Waals surface area contributed by atoms with Crippen LogP contribution in [0.1, 0.15) is 12.8 Å². The van der Waals surface area contributed by atoms with Gasteiger partial charge in [-0.3, -0.25) is 10.1 Å². The van der Waals surface area contributed by atoms with Gasteiger partial charge in [-0.1, -0.05) is 0 Å². The largest absolute Gasteiger partial charge is 0.394 e. The van der Waals surface area contributed by atoms with E-state index in [2.05, 4.69) is 26.2 Å². The fourth-order valence-corrected chi connectivity index (χ4v) is 2.32. The third-order valence-electron chi connectivity index (χ3n) is 3.17. The second kappa shape index (κ2) is 5.81. The Hall–Kier alpha value is -1.25. The smallest absolute Gasteiger partial charge is 0.312 e. The van der Waals surface area contributed by atoms with Crippen LogP contribution in [0.4, 0.5) is 11.5 Å². The van der Waals surface area contributed by atoms with Crippen LogP contribution in [0.2, 0.25) is 0 Å². The minimum atomic E-state index is -0.607. The number of rotatable bonds is 4. The highest BCUT2D eigenvalue weighted by Gasteiger charge is 2.34. The first-order valence-electron chi connectivity index (χ1n) is 5.83. The Labute approximate surface area is 118 Å². The van der Waals surface area contributed by atoms with Gasteiger partial charge in [0.1, 0.15) is 0 Å². The summed E-state index contributed by atoms with van der Waals surface area (Å²) in [7, 11) is 0. The minimum absolute atomic E-state index is 0.117. The average molecular weight is 332 g/mol. The molecule has 7 nitrogen and oxygen atoms in total. The van der Waals surface area contributed by atoms with E-state index in [4.69, 9.17) is 4.74 Å². The molecule has 1 fully saturated rings. The van der Waals surface area contributed by atoms with Crippen LogP contribution < -0.4 is 5.32 Å². The Balaban J connectivity index is 2.28. The average Bonchev–Trinajstić information content (AvgIpc) is 2.42. The van der Waals surface area contributed by atoms with Crippen molar-refractivity contribution in [1.82, 2.24) is 4.98 Å². The van der Waals surface area contributed by atoms with Crippen LogP contribution in [0, 0.1) is 10.1 Å². The molecule has 2 rings (SSSR count). The number of nitro groups is 1. The zero-order chi connectivity index (χ0) is 13.9. The Morgan fingerprint density at radius 2 is 2.26 bits per heavy atom. The summed E-state index contributed by atoms with van der Waals surface area (Å²) in [6, 6.07) is 1.39. The maximum atomic E-state index is 11.0. The summed E-state index contributed by atoms with van der Waals surface area (Å²) in [5.41, 5.74) is -0.724. The molecule has 1 aliphatic heterocycles. The number of aromatic nitrogens is 1. The Kier molecular flexibility index (Phi) is 4.33. The highest BCUT2D eigenvalue weighted by molar-refractivity contribution is 9.10. The van der Waals surface area contributed by atoms with Gasteiger partial charge in [0.2, 0.25) is 5.82 Å². The summed E-state index contributed by atoms with van der Waals surface area (Å²) in [4.78, 5) is 14.6. The molecule has 1 aromatic heterocycles. The first-order valence-corrected chi connectivity index (χ1v) is 6.62. The minimum Gasteiger partial charge on any atom is -0.394 e. The summed E-state index contributed by atoms with van der Waals surface area (Å²) in [5, 5.41) is 23.6. The number of halogens is 1. The number of nitrogens with one attached hydrogen (secondary N) is 1. The number of aliphatic hydroxyl groups is 1. The fourth-order valence-electron chi connectivity index (χ4n) is 2.00. The van der Waals surface area contributed by atoms with E-state index < -0.39 is 10.5 Å². The van der Waals surface area contributed by atoms with Crippen molar-refractivity contribution >= 4 is 27.4 Å². The van der Waals surface area contributed by atoms with Crippen LogP contribution in [0.3, 0.4) is 0 Å². The van der Waals surface area contributed by atoms with Crippen LogP contribution >= 0.6 is 15.9 Å². The van der Waals surface area contributed by atoms with Crippen molar-refractivity contribution in [3.05, 3.63) is 26.9 Å². The van der Waals surface area contributed by atoms with Crippen molar-refractivity contribution in [3.63, 3.8) is 0 Å². The summed E-state index contributed by atoms with van der Waals surface area (Å²) in [6.07, 6.45) is 2.65. The number of pyridine rings is 1. The number of aliphatic hydroxyl groups excluding tert-OH is 1. The summed E-state index contributed by atoms with van der Waals surface area (Å²) in [6.45, 7) is 0.904. The molecular weight excluding hydrogens is 318 g/mol. The van der Waals surface area contributed by atoms with Gasteiger partial charge in [0.15, 0.2) is 0 Å². The molecular formula is C11H14BrN3O4. The van der Waals surface area contributed by atoms with Crippen LogP contribution in [-0.2, 0) is 4.74 Å². The van der Waals surface area contributed by atoms with Crippen molar-refractivity contribution in [1.29, 1.82) is 0 Å². The first kappa shape index (κ1) is 14.2. The van der Waals surface area contributed by atoms with Gasteiger partial charge in [-0.15, -0.1) is 0 Å². The van der Waals surface area contributed by atoms with E-state index in [1.54, 1.807) is 0 Å². The number of hydrogen-bond acceptors (Lipinski definition) is 6. The molecule has 2 N–H and O–H groups in total. The molecule has 0 aromatic carbocycles. The molecule has 0 aliphatic carbocycles. The van der Waals surface area contributed by atoms with Gasteiger partial charge in [-0.25, -0.2) is 4.98 Å². The van der Waals surface area contributed by atoms with E-state index >= 15 is 0 Å². The van der Waals surface area contributed by atoms with Crippen molar-refractivity contribution < 1.29 is 14.8 Å². The predicted octanol–water partition coefficient (Wildman–Crippen LogP) is 1.71. The number of ether oxygens (including phenoxy) is 1. The maximum Gasteiger partial charge on any atom is 0.312 e. The molecule has 1 aliphatic rings. The van der Waals surface area contributed by atoms with E-state index in [-0.39, 0.29) is 18.1 Å². The van der Waals surface area contributed by atoms with Gasteiger partial charge in [0.25, 0.3) is 0 Å². The third-order valence-corrected chi connectivity index (χ3v) is 3.60. The zero-order valence-corrected chi connectivity index (χ0v) is 11.7. The van der Waals surface area contributed by atoms with Crippen molar-refractivity contribution in [3.8, 4) is 0 Å². The van der Waals surface area contributed by atoms with Crippen LogP contribution in [0.5, 0.6) is 0 Å². The zero-order valence-electron chi connectivity index (χ0n) is 10.1. The van der Waals surface area contributed by atoms with Crippen LogP contribution in [0.15, 0.2) is 16.7 Å². The molecule has 0 amide bonds. The molecule has 2 heterocycles. The van der Waals surface area contributed by atoms with Crippen molar-refractivity contribution in [2.75, 3.05) is 25.1 Å². The summed E-state index contributed by atoms with van der Waals surface area (Å²) < 4.78 is 5.79. The molecule has 0 saturated carbocycles. The predicted molar refractivity (Wildman–Crippen MR) is 72.1 cm³/mol. The van der Waals surface area contributed by atoms with Gasteiger partial charge in [0.05, 0.1) is 17.1 Å². The molecule has 0 atom stereocenters. The van der Waals surface area contributed by atoms with Crippen molar-refractivity contribution in [2.45, 2.75) is 18.4 Å². The van der Waals surface area contributed by atoms with Gasteiger partial charge in [-0.2, -0.15) is 0 Å². The monoisotopic (exact) mass is 331 g/mol. The summed E-state index contributed by atoms with van der Waals surface area (Å²) in [5.74, 6) is 0.171. The van der Waals surface area contributed by atoms with Crippen LogP contribution in [-0.4, -0.2) is 40.4 Å². The standard InChI is InChI=1S/C11H14BrN3O4/c12-8-5-9(15(17)18)10(13-6-8)14-11(7-16)1-3-19-4-2-11/h5-6,16H,1-4,7H2,(H,13,14). The normalized spacial score (nSPS) is 18.0. The van der Waals surface area contributed by atoms with Gasteiger partial charge in [0, 0.05) is 29.9 Å². The quantitative estimate of drug-likeness (QED) is 0.643. The SMILES string of the molecule is O=[N+]([O-])c1cc(Br)cnc1NC1(CO)CCOCC1. The topological polar surface area (TPSA) is 97.5 Å². The molecule has 0 bridgehead atoms. The van der Waals surface area contributed by atoms with Gasteiger partial charge >= 0.3 is 5.69 Å². The second-order valence-corrected chi connectivity index (χ2v) is 5.37. The third kappa shape index (κ3) is 3.20. The van der Waals surface area contributed by atoms with Crippen molar-refractivity contribution in [2.24, 2.45) is 0 Å². The number of anilines is 1. The lowest BCUT2D eigenvalue weighted by Gasteiger charge is -2.36. The molecule has 1 aromatic rings. The lowest BCUT2D eigenvalue weighted by molar-refractivity contribution is -0.384. The van der Waals surface area contributed by atoms with E-state index in [0.717, 1.165) is 0 Å². The molecule has 1 saturated heterocycles. The summed E-state index contributed by atoms with van der Waals surface area (Å²) >= 11 is 3.16. The first-order chi connectivity index (χ1) is 9.06. The lowest BCUT2D eigenvalue weighted by atomic mass is 9.91. The Morgan fingerprint density at radius 1 is 1.58 bits per heavy atom. The van der Waals surface area contributed by atoms with E-state index in [1.165, 1.54) is 12.3 Å². The molecule has 19 heavy (non-hydrogen) atoms. The molecule has 0 radical (unpaired) electrons. The highest BCUT2D eigenvalue weighted by Crippen LogP contribution is 2.31. The number of nitrogens with zero attached hydrogens (tertiary/aromatic N) is 2. The lowest BCUT2D eigenvalue weighted by Crippen LogP contribution is -2.47. The van der Waals surface area contributed by atoms with E-state index in [9.17, 15) is 15.2 Å². The molecule has 0 spiro atoms. The van der Waals surface area contributed by atoms with Gasteiger partial charge in [-0.05, 0) is 28.8 Å². The second-order valence-electron chi connectivity index (χ2n) is 4.45. The molecule has 104 valence electrons. The highest BCUT2D eigenvalue weighted by atomic mass is 79.9. The number of hydrogen-bond donors (Lipinski definition) is 2. The van der Waals surface area contributed by atoms with Crippen LogP contribution in [0.25, 0.3) is 0 Å². The fraction of sp³-hybridized carbons (Fsp3) is 0.545. The van der Waals surface area contributed by atoms with Gasteiger partial charge < -0.3 is 15.2 Å².